The smallest absolute Gasteiger partial charge is 0.205 e. The Kier molecular flexibility index (Phi) is 6.50. The van der Waals surface area contributed by atoms with Gasteiger partial charge in [-0.2, -0.15) is 0 Å². The zero-order chi connectivity index (χ0) is 22.1. The maximum Gasteiger partial charge on any atom is 0.205 e. The molecular formula is C23H30N6OS2. The van der Waals surface area contributed by atoms with Gasteiger partial charge in [-0.05, 0) is 50.8 Å². The number of nitrogens with zero attached hydrogens (tertiary/aromatic N) is 6. The Balaban J connectivity index is 1.52. The van der Waals surface area contributed by atoms with Crippen LogP contribution in [0.5, 0.6) is 0 Å². The number of hydrogen-bond donors (Lipinski definition) is 0. The van der Waals surface area contributed by atoms with Gasteiger partial charge in [0.2, 0.25) is 5.43 Å². The van der Waals surface area contributed by atoms with Crippen LogP contribution in [0.15, 0.2) is 39.6 Å². The van der Waals surface area contributed by atoms with E-state index in [1.807, 2.05) is 28.3 Å². The molecule has 2 saturated heterocycles. The Morgan fingerprint density at radius 2 is 1.81 bits per heavy atom. The molecule has 0 unspecified atom stereocenters. The van der Waals surface area contributed by atoms with Crippen LogP contribution in [0.2, 0.25) is 0 Å². The number of thiazole rings is 1. The molecule has 0 atom stereocenters. The molecule has 2 aliphatic heterocycles. The first kappa shape index (κ1) is 21.9. The van der Waals surface area contributed by atoms with Crippen molar-refractivity contribution in [3.05, 3.63) is 40.1 Å². The molecule has 7 nitrogen and oxygen atoms in total. The molecule has 3 aromatic heterocycles. The quantitative estimate of drug-likeness (QED) is 0.525. The van der Waals surface area contributed by atoms with E-state index in [9.17, 15) is 4.79 Å². The first-order chi connectivity index (χ1) is 15.6. The van der Waals surface area contributed by atoms with Crippen LogP contribution in [0.25, 0.3) is 16.2 Å². The highest BCUT2D eigenvalue weighted by Crippen LogP contribution is 2.28. The molecular weight excluding hydrogens is 440 g/mol. The van der Waals surface area contributed by atoms with Gasteiger partial charge in [0.05, 0.1) is 10.3 Å². The van der Waals surface area contributed by atoms with Crippen molar-refractivity contribution in [1.29, 1.82) is 0 Å². The number of piperidine rings is 1. The number of fused-ring (bicyclic) bond motifs is 1. The van der Waals surface area contributed by atoms with Crippen LogP contribution in [0.1, 0.15) is 33.1 Å². The third kappa shape index (κ3) is 4.44. The summed E-state index contributed by atoms with van der Waals surface area (Å²) in [7, 11) is 0. The van der Waals surface area contributed by atoms with Gasteiger partial charge in [-0.3, -0.25) is 14.3 Å². The number of anilines is 1. The molecule has 0 saturated carbocycles. The van der Waals surface area contributed by atoms with Crippen LogP contribution >= 0.6 is 23.3 Å². The lowest BCUT2D eigenvalue weighted by molar-refractivity contribution is 0.209. The molecule has 0 aromatic carbocycles. The second-order valence-electron chi connectivity index (χ2n) is 8.75. The summed E-state index contributed by atoms with van der Waals surface area (Å²) in [5, 5.41) is 3.46. The number of hydrogen-bond acceptors (Lipinski definition) is 8. The van der Waals surface area contributed by atoms with Crippen molar-refractivity contribution in [3.8, 4) is 5.13 Å². The normalized spacial score (nSPS) is 18.7. The second-order valence-corrected chi connectivity index (χ2v) is 10.8. The van der Waals surface area contributed by atoms with E-state index in [1.54, 1.807) is 29.5 Å². The first-order valence-corrected chi connectivity index (χ1v) is 13.1. The van der Waals surface area contributed by atoms with Gasteiger partial charge in [-0.15, -0.1) is 11.3 Å². The SMILES string of the molecule is CC(C)N1CCN(c2ccc3c(=O)c(SN4CCCCC4)cn(-c4nccs4)c3n2)CC1. The summed E-state index contributed by atoms with van der Waals surface area (Å²) in [4.78, 5) is 28.5. The summed E-state index contributed by atoms with van der Waals surface area (Å²) in [6.07, 6.45) is 7.40. The highest BCUT2D eigenvalue weighted by molar-refractivity contribution is 7.97. The summed E-state index contributed by atoms with van der Waals surface area (Å²) in [6.45, 7) is 10.5. The van der Waals surface area contributed by atoms with Crippen LogP contribution in [0.4, 0.5) is 5.82 Å². The van der Waals surface area contributed by atoms with E-state index in [4.69, 9.17) is 4.98 Å². The molecule has 0 bridgehead atoms. The van der Waals surface area contributed by atoms with E-state index in [0.717, 1.165) is 55.1 Å². The van der Waals surface area contributed by atoms with E-state index in [-0.39, 0.29) is 5.43 Å². The molecule has 5 heterocycles. The zero-order valence-electron chi connectivity index (χ0n) is 18.7. The van der Waals surface area contributed by atoms with Gasteiger partial charge >= 0.3 is 0 Å². The van der Waals surface area contributed by atoms with Gasteiger partial charge in [0.1, 0.15) is 5.82 Å². The average Bonchev–Trinajstić information content (AvgIpc) is 3.36. The van der Waals surface area contributed by atoms with Gasteiger partial charge in [-0.1, -0.05) is 6.42 Å². The fourth-order valence-electron chi connectivity index (χ4n) is 4.45. The summed E-state index contributed by atoms with van der Waals surface area (Å²) >= 11 is 3.15. The van der Waals surface area contributed by atoms with Crippen LogP contribution in [-0.2, 0) is 0 Å². The molecule has 3 aromatic rings. The highest BCUT2D eigenvalue weighted by atomic mass is 32.2. The van der Waals surface area contributed by atoms with Crippen molar-refractivity contribution in [1.82, 2.24) is 23.7 Å². The van der Waals surface area contributed by atoms with Gasteiger partial charge in [0.15, 0.2) is 10.8 Å². The van der Waals surface area contributed by atoms with Crippen molar-refractivity contribution in [2.24, 2.45) is 0 Å². The van der Waals surface area contributed by atoms with Crippen molar-refractivity contribution in [2.75, 3.05) is 44.2 Å². The Bertz CT molecular complexity index is 1120. The Labute approximate surface area is 197 Å². The molecule has 0 aliphatic carbocycles. The second kappa shape index (κ2) is 9.51. The predicted molar refractivity (Wildman–Crippen MR) is 133 cm³/mol. The lowest BCUT2D eigenvalue weighted by Crippen LogP contribution is -2.49. The molecule has 0 N–H and O–H groups in total. The Hall–Kier alpha value is -1.94. The molecule has 170 valence electrons. The van der Waals surface area contributed by atoms with Gasteiger partial charge in [0, 0.05) is 63.1 Å². The largest absolute Gasteiger partial charge is 0.354 e. The lowest BCUT2D eigenvalue weighted by Gasteiger charge is -2.37. The van der Waals surface area contributed by atoms with E-state index in [2.05, 4.69) is 32.9 Å². The van der Waals surface area contributed by atoms with Gasteiger partial charge in [0.25, 0.3) is 0 Å². The molecule has 5 rings (SSSR count). The molecule has 9 heteroatoms. The highest BCUT2D eigenvalue weighted by Gasteiger charge is 2.22. The van der Waals surface area contributed by atoms with Gasteiger partial charge in [-0.25, -0.2) is 14.3 Å². The number of pyridine rings is 2. The van der Waals surface area contributed by atoms with E-state index < -0.39 is 0 Å². The van der Waals surface area contributed by atoms with E-state index in [1.165, 1.54) is 19.3 Å². The third-order valence-corrected chi connectivity index (χ3v) is 8.22. The predicted octanol–water partition coefficient (Wildman–Crippen LogP) is 3.87. The van der Waals surface area contributed by atoms with Crippen LogP contribution in [-0.4, -0.2) is 69.1 Å². The first-order valence-electron chi connectivity index (χ1n) is 11.5. The molecule has 32 heavy (non-hydrogen) atoms. The summed E-state index contributed by atoms with van der Waals surface area (Å²) in [5.41, 5.74) is 0.754. The third-order valence-electron chi connectivity index (χ3n) is 6.34. The maximum atomic E-state index is 13.4. The average molecular weight is 471 g/mol. The van der Waals surface area contributed by atoms with E-state index >= 15 is 0 Å². The molecule has 2 aliphatic rings. The summed E-state index contributed by atoms with van der Waals surface area (Å²) < 4.78 is 4.32. The molecule has 0 amide bonds. The Morgan fingerprint density at radius 3 is 2.50 bits per heavy atom. The summed E-state index contributed by atoms with van der Waals surface area (Å²) in [5.74, 6) is 0.932. The molecule has 0 spiro atoms. The minimum absolute atomic E-state index is 0.0621. The molecule has 0 radical (unpaired) electrons. The number of aromatic nitrogens is 3. The van der Waals surface area contributed by atoms with Crippen LogP contribution in [0.3, 0.4) is 0 Å². The minimum Gasteiger partial charge on any atom is -0.354 e. The van der Waals surface area contributed by atoms with Crippen molar-refractivity contribution >= 4 is 40.1 Å². The standard InChI is InChI=1S/C23H30N6OS2/c1-17(2)26-11-13-27(14-12-26)20-7-6-18-21(30)19(32-28-9-4-3-5-10-28)16-29(22(18)25-20)23-24-8-15-31-23/h6-8,15-17H,3-5,9-14H2,1-2H3. The monoisotopic (exact) mass is 470 g/mol. The molecule has 2 fully saturated rings. The Morgan fingerprint density at radius 1 is 1.03 bits per heavy atom. The topological polar surface area (TPSA) is 57.5 Å². The van der Waals surface area contributed by atoms with E-state index in [0.29, 0.717) is 17.1 Å². The van der Waals surface area contributed by atoms with Crippen molar-refractivity contribution < 1.29 is 0 Å². The fourth-order valence-corrected chi connectivity index (χ4v) is 6.14. The van der Waals surface area contributed by atoms with Crippen molar-refractivity contribution in [2.45, 2.75) is 44.0 Å². The van der Waals surface area contributed by atoms with Crippen molar-refractivity contribution in [3.63, 3.8) is 0 Å². The summed E-state index contributed by atoms with van der Waals surface area (Å²) in [6, 6.07) is 4.53. The van der Waals surface area contributed by atoms with Crippen LogP contribution in [0, 0.1) is 0 Å². The number of piperazine rings is 1. The zero-order valence-corrected chi connectivity index (χ0v) is 20.4. The minimum atomic E-state index is 0.0621. The van der Waals surface area contributed by atoms with Gasteiger partial charge < -0.3 is 4.90 Å². The lowest BCUT2D eigenvalue weighted by atomic mass is 10.2. The fraction of sp³-hybridized carbons (Fsp3) is 0.522. The maximum absolute atomic E-state index is 13.4. The number of rotatable bonds is 5. The van der Waals surface area contributed by atoms with Crippen LogP contribution < -0.4 is 10.3 Å².